The summed E-state index contributed by atoms with van der Waals surface area (Å²) >= 11 is 0. The molecule has 1 aliphatic carbocycles. The van der Waals surface area contributed by atoms with E-state index in [2.05, 4.69) is 0 Å². The summed E-state index contributed by atoms with van der Waals surface area (Å²) < 4.78 is 31.6. The minimum absolute atomic E-state index is 0.581. The third-order valence-electron chi connectivity index (χ3n) is 3.56. The van der Waals surface area contributed by atoms with Gasteiger partial charge in [-0.25, -0.2) is 8.78 Å². The molecule has 1 aromatic carbocycles. The fourth-order valence-electron chi connectivity index (χ4n) is 2.57. The molecule has 88 valence electrons. The predicted molar refractivity (Wildman–Crippen MR) is 59.1 cm³/mol. The normalized spacial score (nSPS) is 19.0. The molecule has 1 aromatic rings. The number of hydrogen-bond acceptors (Lipinski definition) is 1. The van der Waals surface area contributed by atoms with E-state index >= 15 is 0 Å². The lowest BCUT2D eigenvalue weighted by molar-refractivity contribution is 0.0521. The van der Waals surface area contributed by atoms with E-state index in [1.54, 1.807) is 31.4 Å². The number of alkyl halides is 2. The molecule has 0 spiro atoms. The maximum absolute atomic E-state index is 13.3. The molecule has 1 saturated carbocycles. The Labute approximate surface area is 94.4 Å². The monoisotopic (exact) mass is 226 g/mol. The summed E-state index contributed by atoms with van der Waals surface area (Å²) in [7, 11) is 1.56. The van der Waals surface area contributed by atoms with Crippen LogP contribution in [0.3, 0.4) is 0 Å². The van der Waals surface area contributed by atoms with Crippen molar-refractivity contribution >= 4 is 0 Å². The van der Waals surface area contributed by atoms with Gasteiger partial charge in [-0.2, -0.15) is 0 Å². The highest BCUT2D eigenvalue weighted by atomic mass is 19.3. The first-order valence-electron chi connectivity index (χ1n) is 5.62. The van der Waals surface area contributed by atoms with Crippen LogP contribution in [0.2, 0.25) is 0 Å². The van der Waals surface area contributed by atoms with Gasteiger partial charge < -0.3 is 4.74 Å². The van der Waals surface area contributed by atoms with Gasteiger partial charge in [-0.1, -0.05) is 25.0 Å². The standard InChI is InChI=1S/C13H16F2O/c1-16-11-6-4-5-10(9-11)13(12(14)15)7-2-3-8-13/h4-6,9,12H,2-3,7-8H2,1H3. The number of hydrogen-bond donors (Lipinski definition) is 0. The lowest BCUT2D eigenvalue weighted by atomic mass is 9.79. The van der Waals surface area contributed by atoms with Crippen LogP contribution in [0, 0.1) is 0 Å². The second-order valence-corrected chi connectivity index (χ2v) is 4.40. The van der Waals surface area contributed by atoms with E-state index in [-0.39, 0.29) is 0 Å². The summed E-state index contributed by atoms with van der Waals surface area (Å²) in [5, 5.41) is 0. The van der Waals surface area contributed by atoms with Crippen molar-refractivity contribution in [1.29, 1.82) is 0 Å². The fraction of sp³-hybridized carbons (Fsp3) is 0.538. The second kappa shape index (κ2) is 4.40. The van der Waals surface area contributed by atoms with E-state index in [4.69, 9.17) is 4.74 Å². The zero-order valence-electron chi connectivity index (χ0n) is 9.38. The van der Waals surface area contributed by atoms with Crippen LogP contribution in [0.15, 0.2) is 24.3 Å². The Morgan fingerprint density at radius 3 is 2.50 bits per heavy atom. The van der Waals surface area contributed by atoms with E-state index in [1.165, 1.54) is 0 Å². The summed E-state index contributed by atoms with van der Waals surface area (Å²) in [4.78, 5) is 0. The van der Waals surface area contributed by atoms with E-state index in [0.717, 1.165) is 18.4 Å². The number of ether oxygens (including phenoxy) is 1. The summed E-state index contributed by atoms with van der Waals surface area (Å²) in [5.74, 6) is 0.657. The minimum Gasteiger partial charge on any atom is -0.497 e. The predicted octanol–water partition coefficient (Wildman–Crippen LogP) is 3.77. The van der Waals surface area contributed by atoms with Crippen LogP contribution in [0.4, 0.5) is 8.78 Å². The zero-order chi connectivity index (χ0) is 11.6. The highest BCUT2D eigenvalue weighted by Gasteiger charge is 2.44. The molecule has 1 fully saturated rings. The molecule has 0 bridgehead atoms. The Morgan fingerprint density at radius 2 is 1.94 bits per heavy atom. The SMILES string of the molecule is COc1cccc(C2(C(F)F)CCCC2)c1. The molecule has 0 aromatic heterocycles. The van der Waals surface area contributed by atoms with Gasteiger partial charge in [0.25, 0.3) is 0 Å². The van der Waals surface area contributed by atoms with E-state index in [0.29, 0.717) is 18.6 Å². The van der Waals surface area contributed by atoms with Crippen LogP contribution in [0.1, 0.15) is 31.2 Å². The van der Waals surface area contributed by atoms with Crippen LogP contribution < -0.4 is 4.74 Å². The van der Waals surface area contributed by atoms with Gasteiger partial charge in [0.15, 0.2) is 0 Å². The molecule has 0 N–H and O–H groups in total. The van der Waals surface area contributed by atoms with Crippen molar-refractivity contribution in [2.45, 2.75) is 37.5 Å². The maximum Gasteiger partial charge on any atom is 0.248 e. The summed E-state index contributed by atoms with van der Waals surface area (Å²) in [6.07, 6.45) is 0.654. The quantitative estimate of drug-likeness (QED) is 0.762. The maximum atomic E-state index is 13.3. The van der Waals surface area contributed by atoms with Crippen LogP contribution in [0.5, 0.6) is 5.75 Å². The lowest BCUT2D eigenvalue weighted by Gasteiger charge is -2.28. The molecule has 0 amide bonds. The smallest absolute Gasteiger partial charge is 0.248 e. The summed E-state index contributed by atoms with van der Waals surface area (Å²) in [5.41, 5.74) is -0.214. The van der Waals surface area contributed by atoms with Gasteiger partial charge in [0.1, 0.15) is 5.75 Å². The van der Waals surface area contributed by atoms with E-state index < -0.39 is 11.8 Å². The molecule has 0 atom stereocenters. The summed E-state index contributed by atoms with van der Waals surface area (Å²) in [6, 6.07) is 7.12. The third-order valence-corrected chi connectivity index (χ3v) is 3.56. The molecular formula is C13H16F2O. The van der Waals surface area contributed by atoms with Crippen molar-refractivity contribution in [2.75, 3.05) is 7.11 Å². The van der Waals surface area contributed by atoms with E-state index in [9.17, 15) is 8.78 Å². The van der Waals surface area contributed by atoms with Crippen molar-refractivity contribution in [1.82, 2.24) is 0 Å². The van der Waals surface area contributed by atoms with Crippen LogP contribution in [-0.4, -0.2) is 13.5 Å². The molecule has 0 saturated heterocycles. The average Bonchev–Trinajstić information content (AvgIpc) is 2.79. The van der Waals surface area contributed by atoms with E-state index in [1.807, 2.05) is 0 Å². The minimum atomic E-state index is -2.29. The molecular weight excluding hydrogens is 210 g/mol. The molecule has 2 rings (SSSR count). The molecule has 0 radical (unpaired) electrons. The van der Waals surface area contributed by atoms with Crippen LogP contribution in [-0.2, 0) is 5.41 Å². The first-order valence-corrected chi connectivity index (χ1v) is 5.62. The van der Waals surface area contributed by atoms with Crippen molar-refractivity contribution in [3.05, 3.63) is 29.8 Å². The number of rotatable bonds is 3. The van der Waals surface area contributed by atoms with Crippen LogP contribution >= 0.6 is 0 Å². The lowest BCUT2D eigenvalue weighted by Crippen LogP contribution is -2.31. The number of halogens is 2. The van der Waals surface area contributed by atoms with Gasteiger partial charge in [0, 0.05) is 0 Å². The Kier molecular flexibility index (Phi) is 3.13. The Hall–Kier alpha value is -1.12. The van der Waals surface area contributed by atoms with Gasteiger partial charge in [-0.05, 0) is 30.5 Å². The van der Waals surface area contributed by atoms with Crippen molar-refractivity contribution < 1.29 is 13.5 Å². The molecule has 1 nitrogen and oxygen atoms in total. The highest BCUT2D eigenvalue weighted by Crippen LogP contribution is 2.46. The Bertz CT molecular complexity index is 357. The summed E-state index contributed by atoms with van der Waals surface area (Å²) in [6.45, 7) is 0. The second-order valence-electron chi connectivity index (χ2n) is 4.40. The number of benzene rings is 1. The molecule has 3 heteroatoms. The van der Waals surface area contributed by atoms with Gasteiger partial charge in [0.05, 0.1) is 12.5 Å². The van der Waals surface area contributed by atoms with Gasteiger partial charge in [-0.15, -0.1) is 0 Å². The van der Waals surface area contributed by atoms with Gasteiger partial charge in [-0.3, -0.25) is 0 Å². The highest BCUT2D eigenvalue weighted by molar-refractivity contribution is 5.35. The largest absolute Gasteiger partial charge is 0.497 e. The van der Waals surface area contributed by atoms with Crippen LogP contribution in [0.25, 0.3) is 0 Å². The molecule has 0 aliphatic heterocycles. The fourth-order valence-corrected chi connectivity index (χ4v) is 2.57. The first kappa shape index (κ1) is 11.4. The molecule has 1 aliphatic rings. The Balaban J connectivity index is 2.39. The van der Waals surface area contributed by atoms with Gasteiger partial charge in [0.2, 0.25) is 6.43 Å². The molecule has 0 heterocycles. The topological polar surface area (TPSA) is 9.23 Å². The molecule has 0 unspecified atom stereocenters. The average molecular weight is 226 g/mol. The zero-order valence-corrected chi connectivity index (χ0v) is 9.38. The number of methoxy groups -OCH3 is 1. The van der Waals surface area contributed by atoms with Crippen molar-refractivity contribution in [3.63, 3.8) is 0 Å². The third kappa shape index (κ3) is 1.79. The molecule has 16 heavy (non-hydrogen) atoms. The van der Waals surface area contributed by atoms with Crippen molar-refractivity contribution in [3.8, 4) is 5.75 Å². The first-order chi connectivity index (χ1) is 7.69. The van der Waals surface area contributed by atoms with Gasteiger partial charge >= 0.3 is 0 Å². The van der Waals surface area contributed by atoms with Crippen molar-refractivity contribution in [2.24, 2.45) is 0 Å². The Morgan fingerprint density at radius 1 is 1.25 bits per heavy atom.